The Morgan fingerprint density at radius 3 is 2.33 bits per heavy atom. The molecule has 1 unspecified atom stereocenters. The largest absolute Gasteiger partial charge is 0.454 e. The minimum Gasteiger partial charge on any atom is -0.454 e. The van der Waals surface area contributed by atoms with Gasteiger partial charge < -0.3 is 19.5 Å². The van der Waals surface area contributed by atoms with Crippen molar-refractivity contribution in [3.05, 3.63) is 53.6 Å². The third-order valence-corrected chi connectivity index (χ3v) is 10.1. The first-order chi connectivity index (χ1) is 20.7. The van der Waals surface area contributed by atoms with Crippen LogP contribution in [-0.4, -0.2) is 65.4 Å². The van der Waals surface area contributed by atoms with Gasteiger partial charge in [-0.2, -0.15) is 0 Å². The molecule has 0 radical (unpaired) electrons. The van der Waals surface area contributed by atoms with Gasteiger partial charge in [-0.25, -0.2) is 4.98 Å². The lowest BCUT2D eigenvalue weighted by Gasteiger charge is -2.40. The molecule has 2 saturated heterocycles. The Morgan fingerprint density at radius 2 is 1.57 bits per heavy atom. The van der Waals surface area contributed by atoms with E-state index >= 15 is 0 Å². The maximum Gasteiger partial charge on any atom is 0.231 e. The van der Waals surface area contributed by atoms with Crippen molar-refractivity contribution in [1.82, 2.24) is 20.1 Å². The third kappa shape index (κ3) is 6.02. The molecule has 0 spiro atoms. The second-order valence-electron chi connectivity index (χ2n) is 12.9. The summed E-state index contributed by atoms with van der Waals surface area (Å²) < 4.78 is 11.5. The van der Waals surface area contributed by atoms with Crippen LogP contribution in [0.3, 0.4) is 0 Å². The zero-order valence-electron chi connectivity index (χ0n) is 24.9. The summed E-state index contributed by atoms with van der Waals surface area (Å²) in [5.41, 5.74) is 4.92. The summed E-state index contributed by atoms with van der Waals surface area (Å²) in [5, 5.41) is 16.5. The molecule has 4 heterocycles. The van der Waals surface area contributed by atoms with Crippen molar-refractivity contribution in [3.63, 3.8) is 0 Å². The maximum absolute atomic E-state index is 12.0. The molecule has 7 heteroatoms. The van der Waals surface area contributed by atoms with Crippen LogP contribution in [-0.2, 0) is 6.54 Å². The first-order valence-corrected chi connectivity index (χ1v) is 16.4. The van der Waals surface area contributed by atoms with Crippen molar-refractivity contribution >= 4 is 10.9 Å². The molecule has 1 aliphatic carbocycles. The molecule has 224 valence electrons. The number of fused-ring (bicyclic) bond motifs is 2. The van der Waals surface area contributed by atoms with Crippen LogP contribution in [0.4, 0.5) is 0 Å². The van der Waals surface area contributed by atoms with Crippen LogP contribution >= 0.6 is 0 Å². The van der Waals surface area contributed by atoms with Gasteiger partial charge in [0.2, 0.25) is 6.79 Å². The fraction of sp³-hybridized carbons (Fsp3) is 0.571. The Hall–Kier alpha value is -2.71. The number of hydrogen-bond acceptors (Lipinski definition) is 7. The smallest absolute Gasteiger partial charge is 0.231 e. The first kappa shape index (κ1) is 28.1. The standard InChI is InChI=1S/C35H46N4O3/c40-35(36-22-25-10-4-1-5-11-25)33-28-20-31-32(42-24-41-31)21-30(28)37-34(26-12-6-2-7-13-26)29(33)23-38-18-14-27(15-19-38)39-16-8-3-9-17-39/h2,6-7,12-13,20-21,25,27,35-36,40H,1,3-5,8-11,14-19,22-24H2. The molecule has 3 aromatic rings. The minimum absolute atomic E-state index is 0.216. The van der Waals surface area contributed by atoms with Crippen LogP contribution in [0.15, 0.2) is 42.5 Å². The van der Waals surface area contributed by atoms with E-state index in [1.807, 2.05) is 12.1 Å². The van der Waals surface area contributed by atoms with Crippen LogP contribution in [0, 0.1) is 5.92 Å². The fourth-order valence-corrected chi connectivity index (χ4v) is 7.75. The summed E-state index contributed by atoms with van der Waals surface area (Å²) in [6.45, 7) is 6.48. The van der Waals surface area contributed by atoms with Gasteiger partial charge in [0.1, 0.15) is 6.23 Å². The number of likely N-dealkylation sites (tertiary alicyclic amines) is 2. The molecular weight excluding hydrogens is 524 g/mol. The summed E-state index contributed by atoms with van der Waals surface area (Å²) in [6.07, 6.45) is 12.1. The van der Waals surface area contributed by atoms with Gasteiger partial charge in [0.15, 0.2) is 11.5 Å². The average molecular weight is 571 g/mol. The number of rotatable bonds is 8. The average Bonchev–Trinajstić information content (AvgIpc) is 3.51. The number of piperidine rings is 2. The molecule has 3 aliphatic heterocycles. The predicted molar refractivity (Wildman–Crippen MR) is 167 cm³/mol. The maximum atomic E-state index is 12.0. The molecule has 7 nitrogen and oxygen atoms in total. The van der Waals surface area contributed by atoms with E-state index in [1.54, 1.807) is 0 Å². The van der Waals surface area contributed by atoms with Crippen molar-refractivity contribution in [2.45, 2.75) is 83.0 Å². The summed E-state index contributed by atoms with van der Waals surface area (Å²) in [6, 6.07) is 15.2. The highest BCUT2D eigenvalue weighted by Gasteiger charge is 2.30. The molecule has 0 bridgehead atoms. The van der Waals surface area contributed by atoms with Gasteiger partial charge in [-0.3, -0.25) is 10.2 Å². The summed E-state index contributed by atoms with van der Waals surface area (Å²) >= 11 is 0. The Kier molecular flexibility index (Phi) is 8.61. The number of nitrogens with zero attached hydrogens (tertiary/aromatic N) is 3. The van der Waals surface area contributed by atoms with Crippen LogP contribution in [0.2, 0.25) is 0 Å². The molecule has 1 saturated carbocycles. The zero-order chi connectivity index (χ0) is 28.3. The van der Waals surface area contributed by atoms with Crippen molar-refractivity contribution < 1.29 is 14.6 Å². The summed E-state index contributed by atoms with van der Waals surface area (Å²) in [4.78, 5) is 10.6. The minimum atomic E-state index is -0.791. The molecule has 1 aromatic heterocycles. The first-order valence-electron chi connectivity index (χ1n) is 16.4. The van der Waals surface area contributed by atoms with E-state index in [-0.39, 0.29) is 6.79 Å². The highest BCUT2D eigenvalue weighted by molar-refractivity contribution is 5.90. The molecule has 42 heavy (non-hydrogen) atoms. The lowest BCUT2D eigenvalue weighted by atomic mass is 9.89. The van der Waals surface area contributed by atoms with Gasteiger partial charge in [0.25, 0.3) is 0 Å². The SMILES string of the molecule is OC(NCC1CCCCC1)c1c(CN2CCC(N3CCCCC3)CC2)c(-c2ccccc2)nc2cc3c(cc12)OCO3. The van der Waals surface area contributed by atoms with E-state index in [2.05, 4.69) is 45.4 Å². The molecule has 4 aliphatic rings. The van der Waals surface area contributed by atoms with E-state index < -0.39 is 6.23 Å². The predicted octanol–water partition coefficient (Wildman–Crippen LogP) is 6.24. The fourth-order valence-electron chi connectivity index (χ4n) is 7.75. The van der Waals surface area contributed by atoms with Crippen LogP contribution in [0.1, 0.15) is 81.6 Å². The van der Waals surface area contributed by atoms with Crippen LogP contribution < -0.4 is 14.8 Å². The number of pyridine rings is 1. The van der Waals surface area contributed by atoms with Crippen molar-refractivity contribution in [2.75, 3.05) is 39.5 Å². The number of nitrogens with one attached hydrogen (secondary N) is 1. The monoisotopic (exact) mass is 570 g/mol. The van der Waals surface area contributed by atoms with Gasteiger partial charge >= 0.3 is 0 Å². The van der Waals surface area contributed by atoms with Gasteiger partial charge in [-0.05, 0) is 76.7 Å². The molecule has 2 N–H and O–H groups in total. The highest BCUT2D eigenvalue weighted by Crippen LogP contribution is 2.41. The van der Waals surface area contributed by atoms with E-state index in [4.69, 9.17) is 14.5 Å². The number of benzene rings is 2. The molecule has 7 rings (SSSR count). The van der Waals surface area contributed by atoms with Gasteiger partial charge in [-0.1, -0.05) is 56.0 Å². The van der Waals surface area contributed by atoms with Crippen LogP contribution in [0.5, 0.6) is 11.5 Å². The van der Waals surface area contributed by atoms with Gasteiger partial charge in [-0.15, -0.1) is 0 Å². The summed E-state index contributed by atoms with van der Waals surface area (Å²) in [5.74, 6) is 2.07. The highest BCUT2D eigenvalue weighted by atomic mass is 16.7. The van der Waals surface area contributed by atoms with E-state index in [0.717, 1.165) is 71.0 Å². The molecular formula is C35H46N4O3. The molecule has 1 atom stereocenters. The number of aromatic nitrogens is 1. The zero-order valence-corrected chi connectivity index (χ0v) is 24.9. The van der Waals surface area contributed by atoms with Gasteiger partial charge in [0, 0.05) is 47.3 Å². The number of aliphatic hydroxyl groups is 1. The second-order valence-corrected chi connectivity index (χ2v) is 12.9. The second kappa shape index (κ2) is 12.9. The number of hydrogen-bond donors (Lipinski definition) is 2. The van der Waals surface area contributed by atoms with E-state index in [0.29, 0.717) is 12.0 Å². The third-order valence-electron chi connectivity index (χ3n) is 10.1. The van der Waals surface area contributed by atoms with Crippen molar-refractivity contribution in [1.29, 1.82) is 0 Å². The van der Waals surface area contributed by atoms with E-state index in [1.165, 1.54) is 77.3 Å². The summed E-state index contributed by atoms with van der Waals surface area (Å²) in [7, 11) is 0. The Morgan fingerprint density at radius 1 is 0.857 bits per heavy atom. The Labute approximate surface area is 250 Å². The Bertz CT molecular complexity index is 1350. The Balaban J connectivity index is 1.24. The lowest BCUT2D eigenvalue weighted by Crippen LogP contribution is -2.46. The lowest BCUT2D eigenvalue weighted by molar-refractivity contribution is 0.0882. The van der Waals surface area contributed by atoms with E-state index in [9.17, 15) is 5.11 Å². The molecule has 2 aromatic carbocycles. The normalized spacial score (nSPS) is 21.6. The quantitative estimate of drug-likeness (QED) is 0.311. The van der Waals surface area contributed by atoms with Gasteiger partial charge in [0.05, 0.1) is 11.2 Å². The number of ether oxygens (including phenoxy) is 2. The topological polar surface area (TPSA) is 70.1 Å². The van der Waals surface area contributed by atoms with Crippen molar-refractivity contribution in [3.8, 4) is 22.8 Å². The van der Waals surface area contributed by atoms with Crippen molar-refractivity contribution in [2.24, 2.45) is 5.92 Å². The van der Waals surface area contributed by atoms with Crippen LogP contribution in [0.25, 0.3) is 22.2 Å². The number of aliphatic hydroxyl groups excluding tert-OH is 1. The molecule has 0 amide bonds. The molecule has 3 fully saturated rings.